The van der Waals surface area contributed by atoms with Crippen LogP contribution in [0.2, 0.25) is 0 Å². The molecule has 0 aliphatic heterocycles. The molecule has 118 valence electrons. The third-order valence-electron chi connectivity index (χ3n) is 3.74. The van der Waals surface area contributed by atoms with E-state index in [1.807, 2.05) is 12.1 Å². The number of ether oxygens (including phenoxy) is 1. The number of anilines is 1. The van der Waals surface area contributed by atoms with Crippen molar-refractivity contribution < 1.29 is 9.15 Å². The summed E-state index contributed by atoms with van der Waals surface area (Å²) in [5.74, 6) is 0.667. The summed E-state index contributed by atoms with van der Waals surface area (Å²) in [7, 11) is 1.59. The van der Waals surface area contributed by atoms with E-state index in [4.69, 9.17) is 9.15 Å². The molecule has 3 rings (SSSR count). The smallest absolute Gasteiger partial charge is 0.336 e. The fourth-order valence-electron chi connectivity index (χ4n) is 2.76. The average Bonchev–Trinajstić information content (AvgIpc) is 2.50. The van der Waals surface area contributed by atoms with E-state index in [1.54, 1.807) is 13.2 Å². The van der Waals surface area contributed by atoms with Gasteiger partial charge in [0.05, 0.1) is 7.11 Å². The standard InChI is InChI=1S/C19H19NO3/c1-12-6-13(2)8-15(7-12)20-11-14-9-19(21)23-18-10-16(22-3)4-5-17(14)18/h4-10,20H,11H2,1-3H3. The van der Waals surface area contributed by atoms with E-state index in [9.17, 15) is 4.79 Å². The van der Waals surface area contributed by atoms with Crippen molar-refractivity contribution in [3.05, 3.63) is 69.6 Å². The second-order valence-electron chi connectivity index (χ2n) is 5.68. The Morgan fingerprint density at radius 1 is 1.04 bits per heavy atom. The molecule has 0 spiro atoms. The Kier molecular flexibility index (Phi) is 4.06. The Bertz CT molecular complexity index is 892. The first-order chi connectivity index (χ1) is 11.0. The van der Waals surface area contributed by atoms with E-state index in [2.05, 4.69) is 37.4 Å². The maximum absolute atomic E-state index is 11.8. The van der Waals surface area contributed by atoms with Crippen molar-refractivity contribution in [3.63, 3.8) is 0 Å². The van der Waals surface area contributed by atoms with E-state index >= 15 is 0 Å². The monoisotopic (exact) mass is 309 g/mol. The zero-order valence-corrected chi connectivity index (χ0v) is 13.5. The van der Waals surface area contributed by atoms with Gasteiger partial charge in [0.25, 0.3) is 0 Å². The van der Waals surface area contributed by atoms with Gasteiger partial charge in [-0.25, -0.2) is 4.79 Å². The van der Waals surface area contributed by atoms with Crippen LogP contribution in [0.3, 0.4) is 0 Å². The first kappa shape index (κ1) is 15.2. The summed E-state index contributed by atoms with van der Waals surface area (Å²) in [5.41, 5.74) is 4.52. The lowest BCUT2D eigenvalue weighted by Gasteiger charge is -2.11. The Labute approximate surface area is 134 Å². The van der Waals surface area contributed by atoms with Crippen LogP contribution < -0.4 is 15.7 Å². The molecule has 0 aliphatic carbocycles. The number of rotatable bonds is 4. The van der Waals surface area contributed by atoms with Crippen LogP contribution in [0.25, 0.3) is 11.0 Å². The number of hydrogen-bond acceptors (Lipinski definition) is 4. The molecule has 0 amide bonds. The van der Waals surface area contributed by atoms with Crippen molar-refractivity contribution in [2.45, 2.75) is 20.4 Å². The first-order valence-electron chi connectivity index (χ1n) is 7.48. The van der Waals surface area contributed by atoms with Crippen LogP contribution in [0.1, 0.15) is 16.7 Å². The van der Waals surface area contributed by atoms with Crippen LogP contribution in [0.15, 0.2) is 51.7 Å². The molecule has 1 N–H and O–H groups in total. The number of hydrogen-bond donors (Lipinski definition) is 1. The maximum Gasteiger partial charge on any atom is 0.336 e. The van der Waals surface area contributed by atoms with Crippen LogP contribution in [0.5, 0.6) is 5.75 Å². The topological polar surface area (TPSA) is 51.5 Å². The molecule has 23 heavy (non-hydrogen) atoms. The molecular weight excluding hydrogens is 290 g/mol. The van der Waals surface area contributed by atoms with E-state index in [0.717, 1.165) is 16.6 Å². The van der Waals surface area contributed by atoms with Crippen molar-refractivity contribution in [1.29, 1.82) is 0 Å². The fourth-order valence-corrected chi connectivity index (χ4v) is 2.76. The highest BCUT2D eigenvalue weighted by atomic mass is 16.5. The van der Waals surface area contributed by atoms with E-state index in [-0.39, 0.29) is 5.63 Å². The molecule has 3 aromatic rings. The SMILES string of the molecule is COc1ccc2c(CNc3cc(C)cc(C)c3)cc(=O)oc2c1. The van der Waals surface area contributed by atoms with Crippen LogP contribution in [-0.2, 0) is 6.54 Å². The largest absolute Gasteiger partial charge is 0.497 e. The van der Waals surface area contributed by atoms with Gasteiger partial charge in [-0.05, 0) is 54.8 Å². The van der Waals surface area contributed by atoms with E-state index in [1.165, 1.54) is 17.2 Å². The summed E-state index contributed by atoms with van der Waals surface area (Å²) in [6.07, 6.45) is 0. The van der Waals surface area contributed by atoms with E-state index in [0.29, 0.717) is 17.9 Å². The van der Waals surface area contributed by atoms with Crippen molar-refractivity contribution in [2.24, 2.45) is 0 Å². The third kappa shape index (κ3) is 3.37. The third-order valence-corrected chi connectivity index (χ3v) is 3.74. The van der Waals surface area contributed by atoms with Crippen molar-refractivity contribution in [1.82, 2.24) is 0 Å². The summed E-state index contributed by atoms with van der Waals surface area (Å²) in [6, 6.07) is 13.3. The van der Waals surface area contributed by atoms with Crippen LogP contribution in [0, 0.1) is 13.8 Å². The Morgan fingerprint density at radius 2 is 1.78 bits per heavy atom. The predicted octanol–water partition coefficient (Wildman–Crippen LogP) is 4.03. The summed E-state index contributed by atoms with van der Waals surface area (Å²) in [5, 5.41) is 4.28. The second kappa shape index (κ2) is 6.16. The summed E-state index contributed by atoms with van der Waals surface area (Å²) in [6.45, 7) is 4.69. The highest BCUT2D eigenvalue weighted by molar-refractivity contribution is 5.81. The van der Waals surface area contributed by atoms with Crippen molar-refractivity contribution in [3.8, 4) is 5.75 Å². The van der Waals surface area contributed by atoms with E-state index < -0.39 is 0 Å². The Morgan fingerprint density at radius 3 is 2.48 bits per heavy atom. The molecular formula is C19H19NO3. The lowest BCUT2D eigenvalue weighted by atomic mass is 10.1. The predicted molar refractivity (Wildman–Crippen MR) is 92.3 cm³/mol. The van der Waals surface area contributed by atoms with Gasteiger partial charge >= 0.3 is 5.63 Å². The number of nitrogens with one attached hydrogen (secondary N) is 1. The molecule has 0 saturated heterocycles. The summed E-state index contributed by atoms with van der Waals surface area (Å²) >= 11 is 0. The minimum Gasteiger partial charge on any atom is -0.497 e. The zero-order valence-electron chi connectivity index (χ0n) is 13.5. The van der Waals surface area contributed by atoms with Crippen molar-refractivity contribution >= 4 is 16.7 Å². The lowest BCUT2D eigenvalue weighted by molar-refractivity contribution is 0.414. The Hall–Kier alpha value is -2.75. The van der Waals surface area contributed by atoms with Gasteiger partial charge in [-0.3, -0.25) is 0 Å². The highest BCUT2D eigenvalue weighted by Gasteiger charge is 2.07. The molecule has 0 fully saturated rings. The van der Waals surface area contributed by atoms with Crippen LogP contribution >= 0.6 is 0 Å². The van der Waals surface area contributed by atoms with Gasteiger partial charge in [-0.15, -0.1) is 0 Å². The van der Waals surface area contributed by atoms with Crippen LogP contribution in [-0.4, -0.2) is 7.11 Å². The number of fused-ring (bicyclic) bond motifs is 1. The summed E-state index contributed by atoms with van der Waals surface area (Å²) < 4.78 is 10.5. The molecule has 0 aliphatic rings. The molecule has 0 bridgehead atoms. The number of methoxy groups -OCH3 is 1. The molecule has 2 aromatic carbocycles. The molecule has 0 atom stereocenters. The first-order valence-corrected chi connectivity index (χ1v) is 7.48. The minimum absolute atomic E-state index is 0.358. The number of benzene rings is 2. The van der Waals surface area contributed by atoms with Gasteiger partial charge in [0.2, 0.25) is 0 Å². The van der Waals surface area contributed by atoms with Gasteiger partial charge < -0.3 is 14.5 Å². The average molecular weight is 309 g/mol. The highest BCUT2D eigenvalue weighted by Crippen LogP contribution is 2.23. The van der Waals surface area contributed by atoms with Gasteiger partial charge in [0, 0.05) is 29.8 Å². The quantitative estimate of drug-likeness (QED) is 0.739. The molecule has 0 radical (unpaired) electrons. The zero-order chi connectivity index (χ0) is 16.4. The molecule has 0 unspecified atom stereocenters. The fraction of sp³-hybridized carbons (Fsp3) is 0.211. The van der Waals surface area contributed by atoms with Gasteiger partial charge in [-0.1, -0.05) is 6.07 Å². The van der Waals surface area contributed by atoms with Crippen molar-refractivity contribution in [2.75, 3.05) is 12.4 Å². The second-order valence-corrected chi connectivity index (χ2v) is 5.68. The molecule has 1 heterocycles. The maximum atomic E-state index is 11.8. The normalized spacial score (nSPS) is 10.7. The number of aryl methyl sites for hydroxylation is 2. The molecule has 4 nitrogen and oxygen atoms in total. The Balaban J connectivity index is 1.94. The van der Waals surface area contributed by atoms with Crippen LogP contribution in [0.4, 0.5) is 5.69 Å². The molecule has 1 aromatic heterocycles. The molecule has 0 saturated carbocycles. The summed E-state index contributed by atoms with van der Waals surface area (Å²) in [4.78, 5) is 11.8. The van der Waals surface area contributed by atoms with Gasteiger partial charge in [0.15, 0.2) is 0 Å². The van der Waals surface area contributed by atoms with Gasteiger partial charge in [-0.2, -0.15) is 0 Å². The minimum atomic E-state index is -0.358. The lowest BCUT2D eigenvalue weighted by Crippen LogP contribution is -2.06. The molecule has 4 heteroatoms. The van der Waals surface area contributed by atoms with Gasteiger partial charge in [0.1, 0.15) is 11.3 Å².